The summed E-state index contributed by atoms with van der Waals surface area (Å²) in [6.07, 6.45) is 6.82. The maximum Gasteiger partial charge on any atom is 0.410 e. The van der Waals surface area contributed by atoms with Crippen LogP contribution >= 0.6 is 0 Å². The number of aromatic nitrogens is 3. The van der Waals surface area contributed by atoms with Gasteiger partial charge in [-0.3, -0.25) is 0 Å². The number of hydrogen-bond acceptors (Lipinski definition) is 7. The Morgan fingerprint density at radius 3 is 2.51 bits per heavy atom. The second-order valence-corrected chi connectivity index (χ2v) is 12.2. The number of amides is 1. The number of benzene rings is 1. The number of ether oxygens (including phenoxy) is 1. The highest BCUT2D eigenvalue weighted by atomic mass is 32.2. The normalized spacial score (nSPS) is 15.4. The van der Waals surface area contributed by atoms with Crippen molar-refractivity contribution >= 4 is 16.1 Å². The molecule has 39 heavy (non-hydrogen) atoms. The van der Waals surface area contributed by atoms with Crippen LogP contribution in [0.2, 0.25) is 0 Å². The van der Waals surface area contributed by atoms with Crippen molar-refractivity contribution in [2.45, 2.75) is 83.9 Å². The van der Waals surface area contributed by atoms with Gasteiger partial charge in [-0.2, -0.15) is 5.10 Å². The average molecular weight is 563 g/mol. The Hall–Kier alpha value is -2.50. The van der Waals surface area contributed by atoms with Crippen LogP contribution < -0.4 is 4.72 Å². The van der Waals surface area contributed by atoms with E-state index in [1.165, 1.54) is 6.42 Å². The van der Waals surface area contributed by atoms with E-state index in [-0.39, 0.29) is 24.5 Å². The smallest absolute Gasteiger partial charge is 0.410 e. The third-order valence-corrected chi connectivity index (χ3v) is 9.05. The van der Waals surface area contributed by atoms with Crippen LogP contribution in [0.5, 0.6) is 0 Å². The van der Waals surface area contributed by atoms with Crippen LogP contribution in [-0.2, 0) is 34.8 Å². The molecule has 11 heteroatoms. The second-order valence-electron chi connectivity index (χ2n) is 10.4. The molecule has 1 fully saturated rings. The van der Waals surface area contributed by atoms with Crippen LogP contribution in [0, 0.1) is 0 Å². The van der Waals surface area contributed by atoms with Crippen molar-refractivity contribution in [3.8, 4) is 0 Å². The average Bonchev–Trinajstić information content (AvgIpc) is 3.32. The molecule has 1 aromatic carbocycles. The number of sulfonamides is 1. The van der Waals surface area contributed by atoms with E-state index >= 15 is 0 Å². The number of carbonyl (C=O) groups excluding carboxylic acids is 1. The van der Waals surface area contributed by atoms with Crippen molar-refractivity contribution < 1.29 is 17.9 Å². The Kier molecular flexibility index (Phi) is 12.2. The van der Waals surface area contributed by atoms with E-state index in [1.807, 2.05) is 30.3 Å². The zero-order valence-corrected chi connectivity index (χ0v) is 24.8. The summed E-state index contributed by atoms with van der Waals surface area (Å²) in [5.74, 6) is 0.893. The molecule has 1 heterocycles. The molecule has 1 N–H and O–H groups in total. The molecule has 1 atom stereocenters. The number of rotatable bonds is 15. The molecule has 3 rings (SSSR count). The van der Waals surface area contributed by atoms with Crippen LogP contribution in [-0.4, -0.2) is 77.6 Å². The first-order valence-electron chi connectivity index (χ1n) is 14.3. The highest BCUT2D eigenvalue weighted by Gasteiger charge is 2.26. The van der Waals surface area contributed by atoms with Crippen LogP contribution in [0.1, 0.15) is 82.0 Å². The van der Waals surface area contributed by atoms with E-state index in [1.54, 1.807) is 23.7 Å². The molecule has 0 aliphatic heterocycles. The van der Waals surface area contributed by atoms with E-state index in [9.17, 15) is 13.2 Å². The van der Waals surface area contributed by atoms with Crippen LogP contribution in [0.15, 0.2) is 30.3 Å². The van der Waals surface area contributed by atoms with Crippen molar-refractivity contribution in [2.75, 3.05) is 32.4 Å². The Morgan fingerprint density at radius 1 is 1.15 bits per heavy atom. The fraction of sp³-hybridized carbons (Fsp3) is 0.679. The summed E-state index contributed by atoms with van der Waals surface area (Å²) in [5, 5.41) is 4.52. The van der Waals surface area contributed by atoms with Gasteiger partial charge in [0, 0.05) is 20.1 Å². The lowest BCUT2D eigenvalue weighted by Gasteiger charge is -2.30. The molecule has 1 amide bonds. The highest BCUT2D eigenvalue weighted by Crippen LogP contribution is 2.23. The molecule has 1 aromatic heterocycles. The number of hydrogen-bond donors (Lipinski definition) is 1. The Bertz CT molecular complexity index is 1110. The number of carbonyl (C=O) groups is 1. The van der Waals surface area contributed by atoms with Crippen molar-refractivity contribution in [1.29, 1.82) is 0 Å². The number of nitrogens with zero attached hydrogens (tertiary/aromatic N) is 5. The first kappa shape index (κ1) is 31.0. The standard InChI is InChI=1S/C28H46N6O4S/c1-5-34(6-2)20-13-21-39(36,37)31-25(19-18-23-14-9-7-10-15-23)27-29-26(33(4)30-27)22-38-28(35)32(3)24-16-11-8-12-17-24/h7,9-10,14-15,24-25,31H,5-6,8,11-13,16-22H2,1-4H3/t25-/m1/s1. The van der Waals surface area contributed by atoms with Gasteiger partial charge in [0.25, 0.3) is 0 Å². The van der Waals surface area contributed by atoms with Gasteiger partial charge in [0.05, 0.1) is 11.8 Å². The number of aryl methyl sites for hydroxylation is 2. The van der Waals surface area contributed by atoms with E-state index in [4.69, 9.17) is 4.74 Å². The van der Waals surface area contributed by atoms with Crippen LogP contribution in [0.3, 0.4) is 0 Å². The summed E-state index contributed by atoms with van der Waals surface area (Å²) in [6.45, 7) is 6.64. The third kappa shape index (κ3) is 9.88. The van der Waals surface area contributed by atoms with Gasteiger partial charge in [0.1, 0.15) is 0 Å². The maximum absolute atomic E-state index is 13.0. The molecule has 0 spiro atoms. The molecule has 1 saturated carbocycles. The molecule has 0 saturated heterocycles. The molecular weight excluding hydrogens is 516 g/mol. The second kappa shape index (κ2) is 15.3. The quantitative estimate of drug-likeness (QED) is 0.349. The van der Waals surface area contributed by atoms with E-state index in [2.05, 4.69) is 33.6 Å². The molecule has 1 aliphatic carbocycles. The molecule has 0 unspecified atom stereocenters. The minimum absolute atomic E-state index is 0.0264. The van der Waals surface area contributed by atoms with Gasteiger partial charge < -0.3 is 14.5 Å². The van der Waals surface area contributed by atoms with Gasteiger partial charge in [-0.05, 0) is 57.3 Å². The molecule has 218 valence electrons. The van der Waals surface area contributed by atoms with E-state index in [0.717, 1.165) is 50.9 Å². The minimum Gasteiger partial charge on any atom is -0.441 e. The lowest BCUT2D eigenvalue weighted by atomic mass is 9.95. The third-order valence-electron chi connectivity index (χ3n) is 7.58. The predicted octanol–water partition coefficient (Wildman–Crippen LogP) is 4.04. The zero-order chi connectivity index (χ0) is 28.3. The molecule has 2 aromatic rings. The van der Waals surface area contributed by atoms with E-state index < -0.39 is 16.1 Å². The maximum atomic E-state index is 13.0. The summed E-state index contributed by atoms with van der Waals surface area (Å²) < 4.78 is 36.1. The SMILES string of the molecule is CCN(CC)CCCS(=O)(=O)N[C@H](CCc1ccccc1)c1nc(COC(=O)N(C)C2CCCCC2)n(C)n1. The van der Waals surface area contributed by atoms with Gasteiger partial charge in [0.15, 0.2) is 18.3 Å². The van der Waals surface area contributed by atoms with Crippen molar-refractivity contribution in [1.82, 2.24) is 29.3 Å². The molecule has 1 aliphatic rings. The van der Waals surface area contributed by atoms with Gasteiger partial charge in [-0.25, -0.2) is 27.6 Å². The fourth-order valence-corrected chi connectivity index (χ4v) is 6.33. The summed E-state index contributed by atoms with van der Waals surface area (Å²) >= 11 is 0. The van der Waals surface area contributed by atoms with Crippen LogP contribution in [0.25, 0.3) is 0 Å². The Labute approximate surface area is 234 Å². The number of nitrogens with one attached hydrogen (secondary N) is 1. The molecule has 10 nitrogen and oxygen atoms in total. The predicted molar refractivity (Wildman–Crippen MR) is 153 cm³/mol. The zero-order valence-electron chi connectivity index (χ0n) is 24.0. The van der Waals surface area contributed by atoms with Gasteiger partial charge in [-0.15, -0.1) is 0 Å². The highest BCUT2D eigenvalue weighted by molar-refractivity contribution is 7.89. The first-order valence-corrected chi connectivity index (χ1v) is 15.9. The summed E-state index contributed by atoms with van der Waals surface area (Å²) in [5.41, 5.74) is 1.11. The topological polar surface area (TPSA) is 110 Å². The summed E-state index contributed by atoms with van der Waals surface area (Å²) in [7, 11) is -0.0362. The van der Waals surface area contributed by atoms with Crippen molar-refractivity contribution in [3.05, 3.63) is 47.5 Å². The first-order chi connectivity index (χ1) is 18.7. The lowest BCUT2D eigenvalue weighted by Crippen LogP contribution is -2.38. The van der Waals surface area contributed by atoms with E-state index in [0.29, 0.717) is 30.9 Å². The van der Waals surface area contributed by atoms with Crippen molar-refractivity contribution in [2.24, 2.45) is 7.05 Å². The van der Waals surface area contributed by atoms with Gasteiger partial charge >= 0.3 is 6.09 Å². The minimum atomic E-state index is -3.56. The lowest BCUT2D eigenvalue weighted by molar-refractivity contribution is 0.0807. The molecule has 0 bridgehead atoms. The molecule has 0 radical (unpaired) electrons. The molecular formula is C28H46N6O4S. The van der Waals surface area contributed by atoms with Gasteiger partial charge in [0.2, 0.25) is 10.0 Å². The summed E-state index contributed by atoms with van der Waals surface area (Å²) in [6, 6.07) is 9.56. The summed E-state index contributed by atoms with van der Waals surface area (Å²) in [4.78, 5) is 21.2. The monoisotopic (exact) mass is 562 g/mol. The van der Waals surface area contributed by atoms with Crippen LogP contribution in [0.4, 0.5) is 4.79 Å². The Balaban J connectivity index is 1.67. The fourth-order valence-electron chi connectivity index (χ4n) is 5.05. The van der Waals surface area contributed by atoms with Gasteiger partial charge in [-0.1, -0.05) is 63.4 Å². The van der Waals surface area contributed by atoms with Crippen molar-refractivity contribution in [3.63, 3.8) is 0 Å². The Morgan fingerprint density at radius 2 is 1.85 bits per heavy atom. The largest absolute Gasteiger partial charge is 0.441 e.